The van der Waals surface area contributed by atoms with Gasteiger partial charge in [0.1, 0.15) is 12.7 Å². The maximum absolute atomic E-state index is 10.9. The first-order valence-electron chi connectivity index (χ1n) is 4.18. The Morgan fingerprint density at radius 2 is 2.50 bits per heavy atom. The van der Waals surface area contributed by atoms with Gasteiger partial charge in [0.25, 0.3) is 0 Å². The Morgan fingerprint density at radius 3 is 3.08 bits per heavy atom. The summed E-state index contributed by atoms with van der Waals surface area (Å²) in [6.07, 6.45) is 0.531. The highest BCUT2D eigenvalue weighted by Crippen LogP contribution is 2.08. The average Bonchev–Trinajstić information content (AvgIpc) is 2.84. The zero-order chi connectivity index (χ0) is 8.81. The Balaban J connectivity index is 1.88. The molecule has 0 saturated carbocycles. The first kappa shape index (κ1) is 9.69. The summed E-state index contributed by atoms with van der Waals surface area (Å²) in [4.78, 5) is 10.9. The Hall–Kier alpha value is -0.393. The van der Waals surface area contributed by atoms with Crippen molar-refractivity contribution < 1.29 is 18.7 Å². The third-order valence-corrected chi connectivity index (χ3v) is 2.18. The van der Waals surface area contributed by atoms with Crippen molar-refractivity contribution in [3.05, 3.63) is 0 Å². The van der Waals surface area contributed by atoms with Gasteiger partial charge in [0, 0.05) is 6.61 Å². The lowest BCUT2D eigenvalue weighted by atomic mass is 10.4. The number of carbonyl (C=O) groups excluding carboxylic acids is 1. The van der Waals surface area contributed by atoms with E-state index in [9.17, 15) is 4.79 Å². The third kappa shape index (κ3) is 4.48. The lowest BCUT2D eigenvalue weighted by molar-refractivity contribution is -0.144. The summed E-state index contributed by atoms with van der Waals surface area (Å²) in [5, 5.41) is 0. The first-order valence-corrected chi connectivity index (χ1v) is 6.17. The van der Waals surface area contributed by atoms with Gasteiger partial charge < -0.3 is 13.9 Å². The zero-order valence-corrected chi connectivity index (χ0v) is 8.66. The molecule has 5 heteroatoms. The van der Waals surface area contributed by atoms with E-state index in [1.54, 1.807) is 0 Å². The van der Waals surface area contributed by atoms with Crippen LogP contribution in [0, 0.1) is 0 Å². The number of hydrogen-bond acceptors (Lipinski definition) is 4. The minimum Gasteiger partial charge on any atom is -0.463 e. The van der Waals surface area contributed by atoms with Gasteiger partial charge in [0.05, 0.1) is 13.0 Å². The summed E-state index contributed by atoms with van der Waals surface area (Å²) in [6, 6.07) is 0. The van der Waals surface area contributed by atoms with E-state index in [0.29, 0.717) is 19.6 Å². The smallest absolute Gasteiger partial charge is 0.308 e. The van der Waals surface area contributed by atoms with Gasteiger partial charge in [-0.05, 0) is 0 Å². The first-order chi connectivity index (χ1) is 5.83. The van der Waals surface area contributed by atoms with Crippen LogP contribution in [0.5, 0.6) is 0 Å². The molecule has 1 atom stereocenters. The van der Waals surface area contributed by atoms with E-state index in [0.717, 1.165) is 6.61 Å². The quantitative estimate of drug-likeness (QED) is 0.244. The topological polar surface area (TPSA) is 48.1 Å². The highest BCUT2D eigenvalue weighted by molar-refractivity contribution is 6.24. The number of epoxide rings is 1. The minimum absolute atomic E-state index is 0.162. The number of hydrogen-bond donors (Lipinski definition) is 0. The molecule has 0 amide bonds. The van der Waals surface area contributed by atoms with Crippen LogP contribution < -0.4 is 0 Å². The minimum atomic E-state index is -0.379. The highest BCUT2D eigenvalue weighted by Gasteiger charge is 2.23. The van der Waals surface area contributed by atoms with Gasteiger partial charge in [-0.25, -0.2) is 0 Å². The maximum Gasteiger partial charge on any atom is 0.308 e. The predicted octanol–water partition coefficient (Wildman–Crippen LogP) is -0.533. The van der Waals surface area contributed by atoms with Crippen LogP contribution in [0.4, 0.5) is 0 Å². The largest absolute Gasteiger partial charge is 0.463 e. The van der Waals surface area contributed by atoms with E-state index in [1.807, 2.05) is 6.55 Å². The van der Waals surface area contributed by atoms with Crippen molar-refractivity contribution in [3.63, 3.8) is 0 Å². The Kier molecular flexibility index (Phi) is 4.27. The Labute approximate surface area is 74.1 Å². The molecule has 70 valence electrons. The molecule has 0 spiro atoms. The molecule has 1 heterocycles. The second-order valence-corrected chi connectivity index (χ2v) is 3.57. The summed E-state index contributed by atoms with van der Waals surface area (Å²) in [6.45, 7) is 3.67. The summed E-state index contributed by atoms with van der Waals surface area (Å²) in [5.74, 6) is -0.187. The van der Waals surface area contributed by atoms with Crippen LogP contribution in [0.1, 0.15) is 6.42 Å². The SMILES string of the molecule is C[SiH2]OCCC(=O)OCC1CO1. The second-order valence-electron chi connectivity index (χ2n) is 2.59. The Morgan fingerprint density at radius 1 is 1.75 bits per heavy atom. The molecule has 1 saturated heterocycles. The van der Waals surface area contributed by atoms with Crippen LogP contribution in [-0.4, -0.2) is 41.7 Å². The lowest BCUT2D eigenvalue weighted by Gasteiger charge is -2.02. The van der Waals surface area contributed by atoms with Crippen molar-refractivity contribution in [2.75, 3.05) is 19.8 Å². The van der Waals surface area contributed by atoms with Crippen molar-refractivity contribution in [2.45, 2.75) is 19.1 Å². The lowest BCUT2D eigenvalue weighted by Crippen LogP contribution is -2.12. The highest BCUT2D eigenvalue weighted by atomic mass is 28.2. The molecule has 0 bridgehead atoms. The van der Waals surface area contributed by atoms with Gasteiger partial charge in [0.2, 0.25) is 0 Å². The number of esters is 1. The molecule has 0 aromatic heterocycles. The summed E-state index contributed by atoms with van der Waals surface area (Å²) in [7, 11) is -0.379. The summed E-state index contributed by atoms with van der Waals surface area (Å²) in [5.41, 5.74) is 0. The molecule has 1 aliphatic heterocycles. The molecule has 0 N–H and O–H groups in total. The zero-order valence-electron chi connectivity index (χ0n) is 7.25. The molecule has 1 unspecified atom stereocenters. The average molecular weight is 190 g/mol. The molecule has 0 aromatic carbocycles. The van der Waals surface area contributed by atoms with Crippen molar-refractivity contribution in [1.82, 2.24) is 0 Å². The molecule has 0 aromatic rings. The van der Waals surface area contributed by atoms with E-state index in [1.165, 1.54) is 0 Å². The van der Waals surface area contributed by atoms with Gasteiger partial charge in [0.15, 0.2) is 9.76 Å². The van der Waals surface area contributed by atoms with Crippen LogP contribution in [0.3, 0.4) is 0 Å². The van der Waals surface area contributed by atoms with Gasteiger partial charge in [-0.1, -0.05) is 6.55 Å². The van der Waals surface area contributed by atoms with Crippen LogP contribution >= 0.6 is 0 Å². The van der Waals surface area contributed by atoms with E-state index in [-0.39, 0.29) is 21.8 Å². The molecular formula is C7H14O4Si. The predicted molar refractivity (Wildman–Crippen MR) is 45.7 cm³/mol. The third-order valence-electron chi connectivity index (χ3n) is 1.49. The molecule has 1 aliphatic rings. The molecule has 4 nitrogen and oxygen atoms in total. The standard InChI is InChI=1S/C7H14O4Si/c1-12-11-3-2-7(8)10-5-6-4-9-6/h6H,2-5,12H2,1H3. The van der Waals surface area contributed by atoms with E-state index < -0.39 is 0 Å². The Bertz CT molecular complexity index is 146. The van der Waals surface area contributed by atoms with Gasteiger partial charge >= 0.3 is 5.97 Å². The summed E-state index contributed by atoms with van der Waals surface area (Å²) >= 11 is 0. The molecular weight excluding hydrogens is 176 g/mol. The number of rotatable bonds is 6. The van der Waals surface area contributed by atoms with E-state index in [4.69, 9.17) is 13.9 Å². The van der Waals surface area contributed by atoms with Gasteiger partial charge in [-0.2, -0.15) is 0 Å². The van der Waals surface area contributed by atoms with Gasteiger partial charge in [-0.15, -0.1) is 0 Å². The van der Waals surface area contributed by atoms with Crippen LogP contribution in [0.25, 0.3) is 0 Å². The molecule has 1 fully saturated rings. The van der Waals surface area contributed by atoms with Crippen LogP contribution in [0.2, 0.25) is 6.55 Å². The fraction of sp³-hybridized carbons (Fsp3) is 0.857. The number of ether oxygens (including phenoxy) is 2. The normalized spacial score (nSPS) is 21.6. The van der Waals surface area contributed by atoms with E-state index in [2.05, 4.69) is 0 Å². The van der Waals surface area contributed by atoms with Crippen LogP contribution in [0.15, 0.2) is 0 Å². The summed E-state index contributed by atoms with van der Waals surface area (Å²) < 4.78 is 14.9. The van der Waals surface area contributed by atoms with Crippen molar-refractivity contribution in [3.8, 4) is 0 Å². The van der Waals surface area contributed by atoms with Gasteiger partial charge in [-0.3, -0.25) is 4.79 Å². The molecule has 0 radical (unpaired) electrons. The molecule has 1 rings (SSSR count). The van der Waals surface area contributed by atoms with E-state index >= 15 is 0 Å². The van der Waals surface area contributed by atoms with Crippen molar-refractivity contribution >= 4 is 15.7 Å². The fourth-order valence-electron chi connectivity index (χ4n) is 0.722. The van der Waals surface area contributed by atoms with Crippen molar-refractivity contribution in [2.24, 2.45) is 0 Å². The monoisotopic (exact) mass is 190 g/mol. The fourth-order valence-corrected chi connectivity index (χ4v) is 1.16. The molecule has 12 heavy (non-hydrogen) atoms. The maximum atomic E-state index is 10.9. The van der Waals surface area contributed by atoms with Crippen molar-refractivity contribution in [1.29, 1.82) is 0 Å². The van der Waals surface area contributed by atoms with Crippen LogP contribution in [-0.2, 0) is 18.7 Å². The molecule has 0 aliphatic carbocycles. The second kappa shape index (κ2) is 5.29. The number of carbonyl (C=O) groups is 1.